The molecule has 0 N–H and O–H groups in total. The van der Waals surface area contributed by atoms with E-state index in [0.717, 1.165) is 0 Å². The van der Waals surface area contributed by atoms with Gasteiger partial charge in [0.2, 0.25) is 0 Å². The molecule has 0 saturated heterocycles. The van der Waals surface area contributed by atoms with Crippen LogP contribution in [0.3, 0.4) is 0 Å². The number of rotatable bonds is 7. The molecule has 0 saturated carbocycles. The van der Waals surface area contributed by atoms with Gasteiger partial charge in [-0.1, -0.05) is 29.5 Å². The fourth-order valence-electron chi connectivity index (χ4n) is 4.27. The summed E-state index contributed by atoms with van der Waals surface area (Å²) in [6.45, 7) is 2.97. The van der Waals surface area contributed by atoms with Crippen LogP contribution < -0.4 is 33.8 Å². The molecule has 198 valence electrons. The lowest BCUT2D eigenvalue weighted by atomic mass is 9.95. The first-order valence-corrected chi connectivity index (χ1v) is 12.2. The van der Waals surface area contributed by atoms with Crippen molar-refractivity contribution in [3.05, 3.63) is 78.5 Å². The third-order valence-electron chi connectivity index (χ3n) is 5.90. The van der Waals surface area contributed by atoms with Crippen molar-refractivity contribution in [2.75, 3.05) is 28.4 Å². The summed E-state index contributed by atoms with van der Waals surface area (Å²) >= 11 is 1.18. The van der Waals surface area contributed by atoms with Gasteiger partial charge >= 0.3 is 11.9 Å². The van der Waals surface area contributed by atoms with E-state index in [1.165, 1.54) is 51.3 Å². The van der Waals surface area contributed by atoms with Crippen molar-refractivity contribution in [1.82, 2.24) is 4.57 Å². The molecule has 0 aliphatic carbocycles. The summed E-state index contributed by atoms with van der Waals surface area (Å²) in [5.74, 6) is 0.345. The average molecular weight is 539 g/mol. The molecule has 3 aromatic rings. The van der Waals surface area contributed by atoms with Crippen LogP contribution in [0.4, 0.5) is 0 Å². The number of hydrogen-bond donors (Lipinski definition) is 0. The Hall–Kier alpha value is -4.38. The van der Waals surface area contributed by atoms with Crippen LogP contribution in [0.2, 0.25) is 0 Å². The van der Waals surface area contributed by atoms with Crippen molar-refractivity contribution in [1.29, 1.82) is 0 Å². The molecule has 2 aromatic carbocycles. The lowest BCUT2D eigenvalue weighted by Gasteiger charge is -2.25. The highest BCUT2D eigenvalue weighted by Crippen LogP contribution is 2.36. The zero-order valence-corrected chi connectivity index (χ0v) is 22.5. The van der Waals surface area contributed by atoms with E-state index in [-0.39, 0.29) is 22.6 Å². The van der Waals surface area contributed by atoms with Crippen molar-refractivity contribution in [2.24, 2.45) is 4.99 Å². The highest BCUT2D eigenvalue weighted by atomic mass is 32.1. The maximum absolute atomic E-state index is 13.8. The SMILES string of the molecule is COC(=O)C1=C(C)N=c2s/c(=C\c3cccc(OC)c3OC)c(=O)n2[C@@H]1c1ccc(OC(C)=O)c(OC)c1. The highest BCUT2D eigenvalue weighted by Gasteiger charge is 2.33. The quantitative estimate of drug-likeness (QED) is 0.333. The first-order valence-electron chi connectivity index (χ1n) is 11.4. The summed E-state index contributed by atoms with van der Waals surface area (Å²) in [5, 5.41) is 0. The van der Waals surface area contributed by atoms with E-state index in [1.54, 1.807) is 49.4 Å². The van der Waals surface area contributed by atoms with E-state index in [4.69, 9.17) is 23.7 Å². The maximum atomic E-state index is 13.8. The van der Waals surface area contributed by atoms with Crippen molar-refractivity contribution in [3.63, 3.8) is 0 Å². The average Bonchev–Trinajstić information content (AvgIpc) is 3.21. The van der Waals surface area contributed by atoms with E-state index in [0.29, 0.717) is 37.7 Å². The number of hydrogen-bond acceptors (Lipinski definition) is 10. The zero-order chi connectivity index (χ0) is 27.6. The number of esters is 2. The van der Waals surface area contributed by atoms with Gasteiger partial charge in [-0.15, -0.1) is 0 Å². The van der Waals surface area contributed by atoms with Gasteiger partial charge in [-0.2, -0.15) is 0 Å². The standard InChI is InChI=1S/C27H26N2O8S/c1-14-22(26(32)36-6)23(16-10-11-18(37-15(2)30)20(12-16)34-4)29-25(31)21(38-27(29)28-14)13-17-8-7-9-19(33-3)24(17)35-5/h7-13,23H,1-6H3/b21-13-/t23-/m1/s1. The van der Waals surface area contributed by atoms with E-state index < -0.39 is 18.0 Å². The van der Waals surface area contributed by atoms with E-state index in [1.807, 2.05) is 0 Å². The van der Waals surface area contributed by atoms with Crippen molar-refractivity contribution in [2.45, 2.75) is 19.9 Å². The first kappa shape index (κ1) is 26.7. The second-order valence-electron chi connectivity index (χ2n) is 8.16. The van der Waals surface area contributed by atoms with E-state index in [9.17, 15) is 14.4 Å². The third kappa shape index (κ3) is 4.80. The molecule has 0 bridgehead atoms. The number of carbonyl (C=O) groups excluding carboxylic acids is 2. The Morgan fingerprint density at radius 2 is 1.74 bits per heavy atom. The summed E-state index contributed by atoms with van der Waals surface area (Å²) in [4.78, 5) is 43.2. The van der Waals surface area contributed by atoms with Crippen molar-refractivity contribution < 1.29 is 33.3 Å². The Labute approximate surface area is 222 Å². The minimum atomic E-state index is -0.867. The molecule has 38 heavy (non-hydrogen) atoms. The van der Waals surface area contributed by atoms with Gasteiger partial charge in [-0.05, 0) is 36.8 Å². The van der Waals surface area contributed by atoms with Crippen LogP contribution >= 0.6 is 11.3 Å². The number of thiazole rings is 1. The van der Waals surface area contributed by atoms with Crippen LogP contribution in [0, 0.1) is 0 Å². The summed E-state index contributed by atoms with van der Waals surface area (Å²) in [5.41, 5.74) is 1.44. The molecule has 0 radical (unpaired) electrons. The molecule has 1 aliphatic rings. The van der Waals surface area contributed by atoms with Gasteiger partial charge in [0.15, 0.2) is 27.8 Å². The maximum Gasteiger partial charge on any atom is 0.338 e. The Morgan fingerprint density at radius 1 is 1.00 bits per heavy atom. The zero-order valence-electron chi connectivity index (χ0n) is 21.7. The number of nitrogens with zero attached hydrogens (tertiary/aromatic N) is 2. The fraction of sp³-hybridized carbons (Fsp3) is 0.259. The van der Waals surface area contributed by atoms with Gasteiger partial charge in [0.1, 0.15) is 0 Å². The number of ether oxygens (including phenoxy) is 5. The minimum absolute atomic E-state index is 0.202. The van der Waals surface area contributed by atoms with Crippen molar-refractivity contribution in [3.8, 4) is 23.0 Å². The topological polar surface area (TPSA) is 115 Å². The molecule has 0 spiro atoms. The first-order chi connectivity index (χ1) is 18.2. The number of methoxy groups -OCH3 is 4. The predicted octanol–water partition coefficient (Wildman–Crippen LogP) is 2.36. The minimum Gasteiger partial charge on any atom is -0.493 e. The van der Waals surface area contributed by atoms with E-state index >= 15 is 0 Å². The van der Waals surface area contributed by atoms with Gasteiger partial charge < -0.3 is 23.7 Å². The molecule has 0 unspecified atom stereocenters. The molecule has 11 heteroatoms. The van der Waals surface area contributed by atoms with Gasteiger partial charge in [0.05, 0.1) is 50.3 Å². The number of para-hydroxylation sites is 1. The number of benzene rings is 2. The molecule has 0 fully saturated rings. The molecule has 10 nitrogen and oxygen atoms in total. The third-order valence-corrected chi connectivity index (χ3v) is 6.89. The Balaban J connectivity index is 1.97. The van der Waals surface area contributed by atoms with Crippen LogP contribution in [-0.2, 0) is 14.3 Å². The summed E-state index contributed by atoms with van der Waals surface area (Å²) in [6.07, 6.45) is 1.70. The molecule has 2 heterocycles. The predicted molar refractivity (Wildman–Crippen MR) is 140 cm³/mol. The number of aromatic nitrogens is 1. The smallest absolute Gasteiger partial charge is 0.338 e. The van der Waals surface area contributed by atoms with Crippen LogP contribution in [-0.4, -0.2) is 44.9 Å². The number of fused-ring (bicyclic) bond motifs is 1. The van der Waals surface area contributed by atoms with Crippen LogP contribution in [0.15, 0.2) is 57.5 Å². The Morgan fingerprint density at radius 3 is 2.37 bits per heavy atom. The Bertz CT molecular complexity index is 1630. The van der Waals surface area contributed by atoms with Crippen LogP contribution in [0.1, 0.15) is 31.0 Å². The molecular formula is C27H26N2O8S. The van der Waals surface area contributed by atoms with Gasteiger partial charge in [0.25, 0.3) is 5.56 Å². The van der Waals surface area contributed by atoms with Gasteiger partial charge in [-0.25, -0.2) is 9.79 Å². The normalized spacial score (nSPS) is 14.9. The summed E-state index contributed by atoms with van der Waals surface area (Å²) in [7, 11) is 5.76. The number of allylic oxidation sites excluding steroid dienone is 1. The van der Waals surface area contributed by atoms with Gasteiger partial charge in [0, 0.05) is 12.5 Å². The van der Waals surface area contributed by atoms with Crippen LogP contribution in [0.5, 0.6) is 23.0 Å². The monoisotopic (exact) mass is 538 g/mol. The lowest BCUT2D eigenvalue weighted by Crippen LogP contribution is -2.39. The molecule has 1 aromatic heterocycles. The van der Waals surface area contributed by atoms with Crippen molar-refractivity contribution >= 4 is 29.4 Å². The van der Waals surface area contributed by atoms with E-state index in [2.05, 4.69) is 4.99 Å². The summed E-state index contributed by atoms with van der Waals surface area (Å²) in [6, 6.07) is 9.33. The number of carbonyl (C=O) groups is 2. The second-order valence-corrected chi connectivity index (χ2v) is 9.17. The second kappa shape index (κ2) is 10.9. The van der Waals surface area contributed by atoms with Crippen LogP contribution in [0.25, 0.3) is 6.08 Å². The molecule has 1 aliphatic heterocycles. The largest absolute Gasteiger partial charge is 0.493 e. The lowest BCUT2D eigenvalue weighted by molar-refractivity contribution is -0.136. The molecule has 1 atom stereocenters. The Kier molecular flexibility index (Phi) is 7.67. The highest BCUT2D eigenvalue weighted by molar-refractivity contribution is 7.07. The molecule has 4 rings (SSSR count). The van der Waals surface area contributed by atoms with Gasteiger partial charge in [-0.3, -0.25) is 14.2 Å². The summed E-state index contributed by atoms with van der Waals surface area (Å²) < 4.78 is 28.4. The molecular weight excluding hydrogens is 512 g/mol. The fourth-order valence-corrected chi connectivity index (χ4v) is 5.31. The molecule has 0 amide bonds.